The van der Waals surface area contributed by atoms with Gasteiger partial charge in [0.15, 0.2) is 5.96 Å². The first-order valence-electron chi connectivity index (χ1n) is 6.48. The van der Waals surface area contributed by atoms with E-state index in [1.54, 1.807) is 7.11 Å². The predicted octanol–water partition coefficient (Wildman–Crippen LogP) is -0.437. The van der Waals surface area contributed by atoms with Crippen LogP contribution in [0.25, 0.3) is 0 Å². The van der Waals surface area contributed by atoms with Crippen molar-refractivity contribution >= 4 is 11.9 Å². The van der Waals surface area contributed by atoms with Crippen LogP contribution in [0.1, 0.15) is 19.3 Å². The number of aliphatic imine (C=N–C) groups is 1. The van der Waals surface area contributed by atoms with Crippen LogP contribution in [0.3, 0.4) is 0 Å². The first-order valence-corrected chi connectivity index (χ1v) is 6.48. The smallest absolute Gasteiger partial charge is 0.252 e. The number of likely N-dealkylation sites (tertiary alicyclic amines) is 1. The quantitative estimate of drug-likeness (QED) is 0.670. The summed E-state index contributed by atoms with van der Waals surface area (Å²) in [4.78, 5) is 18.7. The first kappa shape index (κ1) is 13.3. The molecule has 2 heterocycles. The van der Waals surface area contributed by atoms with E-state index in [1.807, 2.05) is 0 Å². The van der Waals surface area contributed by atoms with E-state index < -0.39 is 5.54 Å². The number of carbonyl (C=O) groups is 1. The van der Waals surface area contributed by atoms with Gasteiger partial charge >= 0.3 is 0 Å². The van der Waals surface area contributed by atoms with Crippen LogP contribution >= 0.6 is 0 Å². The van der Waals surface area contributed by atoms with Crippen molar-refractivity contribution in [3.63, 3.8) is 0 Å². The molecule has 2 rings (SSSR count). The number of hydrogen-bond acceptors (Lipinski definition) is 4. The molecule has 0 aliphatic carbocycles. The zero-order chi connectivity index (χ0) is 13.0. The van der Waals surface area contributed by atoms with Gasteiger partial charge in [0.2, 0.25) is 0 Å². The third kappa shape index (κ3) is 2.81. The van der Waals surface area contributed by atoms with E-state index in [-0.39, 0.29) is 5.91 Å². The van der Waals surface area contributed by atoms with Gasteiger partial charge in [0.25, 0.3) is 5.91 Å². The standard InChI is InChI=1S/C12H22N4O2/c1-16-7-3-4-12(5-8-16)10(17)14-11(15-12)13-6-9-18-2/h3-9H2,1-2H3,(H2,13,14,15,17). The lowest BCUT2D eigenvalue weighted by molar-refractivity contribution is -0.124. The van der Waals surface area contributed by atoms with Crippen LogP contribution in [0.15, 0.2) is 4.99 Å². The molecular formula is C12H22N4O2. The average molecular weight is 254 g/mol. The highest BCUT2D eigenvalue weighted by molar-refractivity contribution is 6.09. The molecule has 18 heavy (non-hydrogen) atoms. The molecule has 1 unspecified atom stereocenters. The lowest BCUT2D eigenvalue weighted by Crippen LogP contribution is -2.47. The second-order valence-electron chi connectivity index (χ2n) is 5.04. The number of hydrogen-bond donors (Lipinski definition) is 2. The molecule has 2 saturated heterocycles. The molecule has 2 aliphatic heterocycles. The Morgan fingerprint density at radius 3 is 3.06 bits per heavy atom. The van der Waals surface area contributed by atoms with E-state index in [0.29, 0.717) is 19.1 Å². The molecule has 0 saturated carbocycles. The largest absolute Gasteiger partial charge is 0.383 e. The van der Waals surface area contributed by atoms with Gasteiger partial charge < -0.3 is 15.0 Å². The van der Waals surface area contributed by atoms with Gasteiger partial charge in [-0.15, -0.1) is 0 Å². The lowest BCUT2D eigenvalue weighted by Gasteiger charge is -2.24. The first-order chi connectivity index (χ1) is 8.66. The van der Waals surface area contributed by atoms with Crippen LogP contribution in [0.5, 0.6) is 0 Å². The van der Waals surface area contributed by atoms with Crippen LogP contribution < -0.4 is 10.6 Å². The van der Waals surface area contributed by atoms with E-state index in [1.165, 1.54) is 0 Å². The summed E-state index contributed by atoms with van der Waals surface area (Å²) >= 11 is 0. The summed E-state index contributed by atoms with van der Waals surface area (Å²) < 4.78 is 4.95. The molecule has 1 atom stereocenters. The minimum Gasteiger partial charge on any atom is -0.383 e. The van der Waals surface area contributed by atoms with Crippen LogP contribution in [0.4, 0.5) is 0 Å². The Kier molecular flexibility index (Phi) is 4.19. The van der Waals surface area contributed by atoms with Crippen molar-refractivity contribution in [2.45, 2.75) is 24.8 Å². The zero-order valence-electron chi connectivity index (χ0n) is 11.2. The van der Waals surface area contributed by atoms with Gasteiger partial charge in [0.05, 0.1) is 13.2 Å². The highest BCUT2D eigenvalue weighted by Gasteiger charge is 2.45. The molecule has 2 fully saturated rings. The summed E-state index contributed by atoms with van der Waals surface area (Å²) in [6.45, 7) is 3.12. The molecule has 1 amide bonds. The molecule has 0 bridgehead atoms. The zero-order valence-corrected chi connectivity index (χ0v) is 11.2. The molecular weight excluding hydrogens is 232 g/mol. The Balaban J connectivity index is 2.01. The van der Waals surface area contributed by atoms with E-state index in [4.69, 9.17) is 4.74 Å². The molecule has 0 aromatic heterocycles. The lowest BCUT2D eigenvalue weighted by atomic mass is 9.91. The number of ether oxygens (including phenoxy) is 1. The summed E-state index contributed by atoms with van der Waals surface area (Å²) in [5.74, 6) is 0.663. The van der Waals surface area contributed by atoms with Crippen molar-refractivity contribution in [1.29, 1.82) is 0 Å². The monoisotopic (exact) mass is 254 g/mol. The highest BCUT2D eigenvalue weighted by atomic mass is 16.5. The Bertz CT molecular complexity index is 345. The minimum atomic E-state index is -0.448. The van der Waals surface area contributed by atoms with Crippen molar-refractivity contribution in [3.8, 4) is 0 Å². The summed E-state index contributed by atoms with van der Waals surface area (Å²) in [5, 5.41) is 6.12. The van der Waals surface area contributed by atoms with Gasteiger partial charge in [0.1, 0.15) is 5.54 Å². The molecule has 0 aromatic rings. The summed E-state index contributed by atoms with van der Waals surface area (Å²) in [6.07, 6.45) is 2.73. The molecule has 6 nitrogen and oxygen atoms in total. The number of nitrogens with one attached hydrogen (secondary N) is 2. The third-order valence-corrected chi connectivity index (χ3v) is 3.65. The van der Waals surface area contributed by atoms with Crippen LogP contribution in [0.2, 0.25) is 0 Å². The van der Waals surface area contributed by atoms with Crippen LogP contribution in [-0.4, -0.2) is 62.7 Å². The van der Waals surface area contributed by atoms with Gasteiger partial charge in [-0.3, -0.25) is 15.1 Å². The number of nitrogens with zero attached hydrogens (tertiary/aromatic N) is 2. The Morgan fingerprint density at radius 2 is 2.28 bits per heavy atom. The number of guanidine groups is 1. The average Bonchev–Trinajstić information content (AvgIpc) is 2.52. The number of carbonyl (C=O) groups excluding carboxylic acids is 1. The number of rotatable bonds is 3. The van der Waals surface area contributed by atoms with Gasteiger partial charge in [-0.1, -0.05) is 0 Å². The fourth-order valence-corrected chi connectivity index (χ4v) is 2.49. The molecule has 0 aromatic carbocycles. The summed E-state index contributed by atoms with van der Waals surface area (Å²) in [7, 11) is 3.74. The maximum atomic E-state index is 12.1. The molecule has 102 valence electrons. The third-order valence-electron chi connectivity index (χ3n) is 3.65. The van der Waals surface area contributed by atoms with Crippen LogP contribution in [-0.2, 0) is 9.53 Å². The normalized spacial score (nSPS) is 31.4. The van der Waals surface area contributed by atoms with Gasteiger partial charge in [-0.25, -0.2) is 0 Å². The van der Waals surface area contributed by atoms with Crippen LogP contribution in [0, 0.1) is 0 Å². The fraction of sp³-hybridized carbons (Fsp3) is 0.833. The van der Waals surface area contributed by atoms with Crippen molar-refractivity contribution in [3.05, 3.63) is 0 Å². The topological polar surface area (TPSA) is 66.0 Å². The molecule has 6 heteroatoms. The van der Waals surface area contributed by atoms with Gasteiger partial charge in [-0.2, -0.15) is 0 Å². The maximum absolute atomic E-state index is 12.1. The highest BCUT2D eigenvalue weighted by Crippen LogP contribution is 2.25. The molecule has 2 aliphatic rings. The van der Waals surface area contributed by atoms with Gasteiger partial charge in [-0.05, 0) is 32.9 Å². The maximum Gasteiger partial charge on any atom is 0.252 e. The van der Waals surface area contributed by atoms with Crippen molar-refractivity contribution in [1.82, 2.24) is 15.5 Å². The van der Waals surface area contributed by atoms with Crippen molar-refractivity contribution in [2.24, 2.45) is 4.99 Å². The molecule has 2 N–H and O–H groups in total. The summed E-state index contributed by atoms with van der Waals surface area (Å²) in [5.41, 5.74) is -0.448. The molecule has 0 radical (unpaired) electrons. The van der Waals surface area contributed by atoms with E-state index in [0.717, 1.165) is 32.4 Å². The second-order valence-corrected chi connectivity index (χ2v) is 5.04. The van der Waals surface area contributed by atoms with Crippen molar-refractivity contribution < 1.29 is 9.53 Å². The molecule has 1 spiro atoms. The Labute approximate surface area is 108 Å². The number of amides is 1. The Morgan fingerprint density at radius 1 is 1.44 bits per heavy atom. The van der Waals surface area contributed by atoms with E-state index >= 15 is 0 Å². The summed E-state index contributed by atoms with van der Waals surface area (Å²) in [6, 6.07) is 0. The van der Waals surface area contributed by atoms with E-state index in [9.17, 15) is 4.79 Å². The minimum absolute atomic E-state index is 0.0639. The fourth-order valence-electron chi connectivity index (χ4n) is 2.49. The van der Waals surface area contributed by atoms with Crippen molar-refractivity contribution in [2.75, 3.05) is 40.4 Å². The predicted molar refractivity (Wildman–Crippen MR) is 69.5 cm³/mol. The number of methoxy groups -OCH3 is 1. The van der Waals surface area contributed by atoms with E-state index in [2.05, 4.69) is 27.6 Å². The van der Waals surface area contributed by atoms with Gasteiger partial charge in [0, 0.05) is 13.7 Å². The SMILES string of the molecule is COCCN=C1NC(=O)C2(CCCN(C)CC2)N1. The Hall–Kier alpha value is -1.14. The second kappa shape index (κ2) is 5.67.